The molecule has 0 aliphatic heterocycles. The number of carbonyl (C=O) groups excluding carboxylic acids is 1. The average Bonchev–Trinajstić information content (AvgIpc) is 2.75. The predicted molar refractivity (Wildman–Crippen MR) is 109 cm³/mol. The maximum absolute atomic E-state index is 12.7. The molecule has 2 aromatic rings. The molecule has 0 heterocycles. The first-order valence-corrected chi connectivity index (χ1v) is 9.74. The molecule has 7 nitrogen and oxygen atoms in total. The summed E-state index contributed by atoms with van der Waals surface area (Å²) >= 11 is 0. The van der Waals surface area contributed by atoms with Gasteiger partial charge in [0, 0.05) is 23.7 Å². The Morgan fingerprint density at radius 1 is 1.21 bits per heavy atom. The van der Waals surface area contributed by atoms with Crippen LogP contribution in [-0.4, -0.2) is 22.4 Å². The van der Waals surface area contributed by atoms with Gasteiger partial charge in [-0.05, 0) is 37.5 Å². The molecule has 2 N–H and O–H groups in total. The molecule has 0 saturated heterocycles. The standard InChI is InChI=1S/C22H24N4O3/c1-16(17-7-3-2-4-8-17)25-22(15-23)14-6-5-9-20(22)24-21(27)18-10-12-19(13-11-18)26(28)29/h2-4,7-8,10-13,16,20,25H,5-6,9,14H2,1H3,(H,24,27)/t16-,20-,22+/m1/s1. The van der Waals surface area contributed by atoms with E-state index in [2.05, 4.69) is 16.7 Å². The van der Waals surface area contributed by atoms with Gasteiger partial charge < -0.3 is 5.32 Å². The molecular formula is C22H24N4O3. The number of nitro benzene ring substituents is 1. The largest absolute Gasteiger partial charge is 0.346 e. The molecule has 0 radical (unpaired) electrons. The summed E-state index contributed by atoms with van der Waals surface area (Å²) in [6.45, 7) is 2.01. The third-order valence-electron chi connectivity index (χ3n) is 5.53. The van der Waals surface area contributed by atoms with Crippen molar-refractivity contribution in [3.8, 4) is 6.07 Å². The molecule has 150 valence electrons. The number of nitriles is 1. The minimum absolute atomic E-state index is 0.0484. The molecule has 0 bridgehead atoms. The van der Waals surface area contributed by atoms with E-state index in [0.717, 1.165) is 18.4 Å². The number of rotatable bonds is 6. The van der Waals surface area contributed by atoms with Gasteiger partial charge in [-0.1, -0.05) is 43.2 Å². The zero-order chi connectivity index (χ0) is 20.9. The van der Waals surface area contributed by atoms with E-state index < -0.39 is 10.5 Å². The predicted octanol–water partition coefficient (Wildman–Crippen LogP) is 3.88. The number of amides is 1. The summed E-state index contributed by atoms with van der Waals surface area (Å²) < 4.78 is 0. The first kappa shape index (κ1) is 20.5. The molecule has 3 rings (SSSR count). The number of benzene rings is 2. The van der Waals surface area contributed by atoms with E-state index >= 15 is 0 Å². The van der Waals surface area contributed by atoms with Gasteiger partial charge in [-0.15, -0.1) is 0 Å². The van der Waals surface area contributed by atoms with E-state index in [1.54, 1.807) is 0 Å². The summed E-state index contributed by atoms with van der Waals surface area (Å²) in [4.78, 5) is 23.0. The van der Waals surface area contributed by atoms with Crippen LogP contribution in [-0.2, 0) is 0 Å². The van der Waals surface area contributed by atoms with E-state index in [-0.39, 0.29) is 23.7 Å². The van der Waals surface area contributed by atoms with Crippen molar-refractivity contribution < 1.29 is 9.72 Å². The van der Waals surface area contributed by atoms with Crippen LogP contribution < -0.4 is 10.6 Å². The molecule has 1 amide bonds. The molecular weight excluding hydrogens is 368 g/mol. The van der Waals surface area contributed by atoms with Crippen LogP contribution in [0.25, 0.3) is 0 Å². The van der Waals surface area contributed by atoms with Gasteiger partial charge in [-0.3, -0.25) is 20.2 Å². The quantitative estimate of drug-likeness (QED) is 0.573. The summed E-state index contributed by atoms with van der Waals surface area (Å²) in [5.41, 5.74) is 0.477. The monoisotopic (exact) mass is 392 g/mol. The van der Waals surface area contributed by atoms with Crippen molar-refractivity contribution in [1.29, 1.82) is 5.26 Å². The molecule has 0 aromatic heterocycles. The van der Waals surface area contributed by atoms with Gasteiger partial charge in [0.25, 0.3) is 11.6 Å². The van der Waals surface area contributed by atoms with E-state index in [0.29, 0.717) is 18.4 Å². The van der Waals surface area contributed by atoms with Crippen molar-refractivity contribution in [2.75, 3.05) is 0 Å². The van der Waals surface area contributed by atoms with E-state index in [4.69, 9.17) is 0 Å². The molecule has 1 aliphatic rings. The minimum atomic E-state index is -0.871. The number of hydrogen-bond acceptors (Lipinski definition) is 5. The SMILES string of the molecule is C[C@@H](N[C@]1(C#N)CCCC[C@H]1NC(=O)c1ccc([N+](=O)[O-])cc1)c1ccccc1. The van der Waals surface area contributed by atoms with Crippen LogP contribution in [0.15, 0.2) is 54.6 Å². The van der Waals surface area contributed by atoms with Crippen molar-refractivity contribution in [3.63, 3.8) is 0 Å². The number of carbonyl (C=O) groups is 1. The molecule has 7 heteroatoms. The molecule has 1 saturated carbocycles. The van der Waals surface area contributed by atoms with Gasteiger partial charge in [-0.25, -0.2) is 0 Å². The maximum Gasteiger partial charge on any atom is 0.269 e. The fourth-order valence-corrected chi connectivity index (χ4v) is 3.89. The van der Waals surface area contributed by atoms with Crippen LogP contribution in [0.2, 0.25) is 0 Å². The van der Waals surface area contributed by atoms with E-state index in [9.17, 15) is 20.2 Å². The Kier molecular flexibility index (Phi) is 6.25. The highest BCUT2D eigenvalue weighted by Gasteiger charge is 2.43. The van der Waals surface area contributed by atoms with Gasteiger partial charge >= 0.3 is 0 Å². The van der Waals surface area contributed by atoms with Crippen molar-refractivity contribution in [3.05, 3.63) is 75.8 Å². The summed E-state index contributed by atoms with van der Waals surface area (Å²) in [7, 11) is 0. The fraction of sp³-hybridized carbons (Fsp3) is 0.364. The van der Waals surface area contributed by atoms with Crippen LogP contribution in [0.5, 0.6) is 0 Å². The smallest absolute Gasteiger partial charge is 0.269 e. The molecule has 0 spiro atoms. The van der Waals surface area contributed by atoms with Crippen LogP contribution in [0, 0.1) is 21.4 Å². The van der Waals surface area contributed by atoms with Crippen molar-refractivity contribution >= 4 is 11.6 Å². The average molecular weight is 392 g/mol. The summed E-state index contributed by atoms with van der Waals surface area (Å²) in [5, 5.41) is 27.3. The van der Waals surface area contributed by atoms with Crippen molar-refractivity contribution in [1.82, 2.24) is 10.6 Å². The number of hydrogen-bond donors (Lipinski definition) is 2. The van der Waals surface area contributed by atoms with Crippen LogP contribution >= 0.6 is 0 Å². The third kappa shape index (κ3) is 4.61. The minimum Gasteiger partial charge on any atom is -0.346 e. The number of non-ortho nitro benzene ring substituents is 1. The number of nitrogens with zero attached hydrogens (tertiary/aromatic N) is 2. The molecule has 29 heavy (non-hydrogen) atoms. The molecule has 3 atom stereocenters. The Balaban J connectivity index is 1.77. The number of nitro groups is 1. The van der Waals surface area contributed by atoms with Gasteiger partial charge in [-0.2, -0.15) is 5.26 Å². The highest BCUT2D eigenvalue weighted by Crippen LogP contribution is 2.31. The second-order valence-corrected chi connectivity index (χ2v) is 7.44. The second-order valence-electron chi connectivity index (χ2n) is 7.44. The second kappa shape index (κ2) is 8.84. The van der Waals surface area contributed by atoms with Crippen LogP contribution in [0.1, 0.15) is 54.6 Å². The first-order valence-electron chi connectivity index (χ1n) is 9.74. The Morgan fingerprint density at radius 2 is 1.90 bits per heavy atom. The summed E-state index contributed by atoms with van der Waals surface area (Å²) in [5.74, 6) is -0.333. The van der Waals surface area contributed by atoms with E-state index in [1.807, 2.05) is 37.3 Å². The van der Waals surface area contributed by atoms with Crippen molar-refractivity contribution in [2.45, 2.75) is 50.2 Å². The van der Waals surface area contributed by atoms with Gasteiger partial charge in [0.1, 0.15) is 5.54 Å². The van der Waals surface area contributed by atoms with Gasteiger partial charge in [0.15, 0.2) is 0 Å². The Labute approximate surface area is 169 Å². The Bertz CT molecular complexity index is 908. The normalized spacial score (nSPS) is 22.3. The summed E-state index contributed by atoms with van der Waals surface area (Å²) in [6.07, 6.45) is 3.18. The topological polar surface area (TPSA) is 108 Å². The van der Waals surface area contributed by atoms with E-state index in [1.165, 1.54) is 24.3 Å². The zero-order valence-electron chi connectivity index (χ0n) is 16.3. The Morgan fingerprint density at radius 3 is 2.52 bits per heavy atom. The van der Waals surface area contributed by atoms with Crippen LogP contribution in [0.3, 0.4) is 0 Å². The lowest BCUT2D eigenvalue weighted by Crippen LogP contribution is -2.62. The lowest BCUT2D eigenvalue weighted by atomic mass is 9.77. The Hall–Kier alpha value is -3.24. The molecule has 2 aromatic carbocycles. The first-order chi connectivity index (χ1) is 13.9. The summed E-state index contributed by atoms with van der Waals surface area (Å²) in [6, 6.07) is 17.4. The van der Waals surface area contributed by atoms with Gasteiger partial charge in [0.05, 0.1) is 17.0 Å². The molecule has 1 fully saturated rings. The molecule has 1 aliphatic carbocycles. The highest BCUT2D eigenvalue weighted by molar-refractivity contribution is 5.94. The molecule has 0 unspecified atom stereocenters. The van der Waals surface area contributed by atoms with Crippen molar-refractivity contribution in [2.24, 2.45) is 0 Å². The highest BCUT2D eigenvalue weighted by atomic mass is 16.6. The van der Waals surface area contributed by atoms with Crippen LogP contribution in [0.4, 0.5) is 5.69 Å². The maximum atomic E-state index is 12.7. The lowest BCUT2D eigenvalue weighted by Gasteiger charge is -2.41. The fourth-order valence-electron chi connectivity index (χ4n) is 3.89. The third-order valence-corrected chi connectivity index (χ3v) is 5.53. The van der Waals surface area contributed by atoms with Gasteiger partial charge in [0.2, 0.25) is 0 Å². The lowest BCUT2D eigenvalue weighted by molar-refractivity contribution is -0.384. The zero-order valence-corrected chi connectivity index (χ0v) is 16.3. The number of nitrogens with one attached hydrogen (secondary N) is 2.